The van der Waals surface area contributed by atoms with Crippen molar-refractivity contribution in [3.8, 4) is 11.1 Å². The van der Waals surface area contributed by atoms with Gasteiger partial charge in [-0.2, -0.15) is 0 Å². The maximum atomic E-state index is 3.05. The molecule has 17 heavy (non-hydrogen) atoms. The fourth-order valence-corrected chi connectivity index (χ4v) is 2.04. The van der Waals surface area contributed by atoms with Crippen molar-refractivity contribution in [2.24, 2.45) is 0 Å². The van der Waals surface area contributed by atoms with E-state index in [9.17, 15) is 0 Å². The van der Waals surface area contributed by atoms with Crippen molar-refractivity contribution < 1.29 is 0 Å². The molecule has 0 saturated heterocycles. The van der Waals surface area contributed by atoms with E-state index in [0.717, 1.165) is 0 Å². The molecular formula is C16H13Mg. The van der Waals surface area contributed by atoms with Crippen LogP contribution in [0, 0.1) is 6.07 Å². The third-order valence-electron chi connectivity index (χ3n) is 2.82. The zero-order valence-electron chi connectivity index (χ0n) is 8.85. The highest BCUT2D eigenvalue weighted by molar-refractivity contribution is 5.96. The van der Waals surface area contributed by atoms with E-state index in [-0.39, 0.29) is 23.1 Å². The Morgan fingerprint density at radius 2 is 1.41 bits per heavy atom. The van der Waals surface area contributed by atoms with Crippen LogP contribution in [0.3, 0.4) is 0 Å². The van der Waals surface area contributed by atoms with E-state index < -0.39 is 0 Å². The standard InChI is InChI=1S/C16H11.Mg.2H/c1-2-7-13(8-3-1)16-12-6-10-14-9-4-5-11-15(14)16;;;/h2-12H;;;. The Kier molecular flexibility index (Phi) is 3.82. The first-order chi connectivity index (χ1) is 7.95. The summed E-state index contributed by atoms with van der Waals surface area (Å²) in [5.74, 6) is 0. The Morgan fingerprint density at radius 3 is 2.24 bits per heavy atom. The molecule has 0 amide bonds. The summed E-state index contributed by atoms with van der Waals surface area (Å²) in [4.78, 5) is 0. The topological polar surface area (TPSA) is 0 Å². The second-order valence-corrected chi connectivity index (χ2v) is 3.82. The lowest BCUT2D eigenvalue weighted by atomic mass is 9.98. The first-order valence-electron chi connectivity index (χ1n) is 5.39. The van der Waals surface area contributed by atoms with Crippen molar-refractivity contribution >= 4 is 33.8 Å². The van der Waals surface area contributed by atoms with E-state index in [4.69, 9.17) is 0 Å². The predicted octanol–water partition coefficient (Wildman–Crippen LogP) is 3.39. The Bertz CT molecular complexity index is 609. The van der Waals surface area contributed by atoms with E-state index in [1.165, 1.54) is 21.9 Å². The van der Waals surface area contributed by atoms with Crippen LogP contribution in [-0.2, 0) is 0 Å². The zero-order valence-corrected chi connectivity index (χ0v) is 8.85. The van der Waals surface area contributed by atoms with Crippen molar-refractivity contribution in [3.63, 3.8) is 0 Å². The largest absolute Gasteiger partial charge is 0.316 e. The first-order valence-corrected chi connectivity index (χ1v) is 5.39. The van der Waals surface area contributed by atoms with E-state index in [1.54, 1.807) is 0 Å². The lowest BCUT2D eigenvalue weighted by Crippen LogP contribution is -1.80. The van der Waals surface area contributed by atoms with Crippen LogP contribution in [0.4, 0.5) is 0 Å². The molecule has 0 saturated carbocycles. The minimum Gasteiger partial charge on any atom is -0.0616 e. The Balaban J connectivity index is 0.00000108. The second kappa shape index (κ2) is 5.35. The molecule has 0 spiro atoms. The Labute approximate surface area is 117 Å². The third kappa shape index (κ3) is 2.35. The summed E-state index contributed by atoms with van der Waals surface area (Å²) in [5, 5.41) is 2.59. The van der Waals surface area contributed by atoms with Crippen molar-refractivity contribution in [1.29, 1.82) is 0 Å². The molecule has 0 unspecified atom stereocenters. The molecule has 0 atom stereocenters. The van der Waals surface area contributed by atoms with Gasteiger partial charge in [0, 0.05) is 0 Å². The Hall–Kier alpha value is -1.31. The van der Waals surface area contributed by atoms with Gasteiger partial charge >= 0.3 is 23.1 Å². The molecule has 0 nitrogen and oxygen atoms in total. The maximum absolute atomic E-state index is 3.05. The van der Waals surface area contributed by atoms with Crippen LogP contribution in [0.1, 0.15) is 0 Å². The summed E-state index contributed by atoms with van der Waals surface area (Å²) in [6.45, 7) is 0. The lowest BCUT2D eigenvalue weighted by molar-refractivity contribution is 1.64. The molecule has 0 bridgehead atoms. The number of rotatable bonds is 1. The molecule has 0 heterocycles. The minimum atomic E-state index is 0. The molecule has 0 fully saturated rings. The summed E-state index contributed by atoms with van der Waals surface area (Å²) in [7, 11) is 0. The second-order valence-electron chi connectivity index (χ2n) is 3.82. The van der Waals surface area contributed by atoms with Crippen molar-refractivity contribution in [1.82, 2.24) is 0 Å². The van der Waals surface area contributed by atoms with Gasteiger partial charge in [0.1, 0.15) is 0 Å². The predicted molar refractivity (Wildman–Crippen MR) is 76.8 cm³/mol. The van der Waals surface area contributed by atoms with Gasteiger partial charge in [0.2, 0.25) is 0 Å². The third-order valence-corrected chi connectivity index (χ3v) is 2.82. The highest BCUT2D eigenvalue weighted by Gasteiger charge is 2.01. The normalized spacial score (nSPS) is 9.88. The van der Waals surface area contributed by atoms with Crippen molar-refractivity contribution in [2.45, 2.75) is 0 Å². The molecule has 0 aliphatic rings. The molecule has 3 aromatic rings. The fourth-order valence-electron chi connectivity index (χ4n) is 2.04. The molecular weight excluding hydrogens is 216 g/mol. The monoisotopic (exact) mass is 229 g/mol. The van der Waals surface area contributed by atoms with Gasteiger partial charge in [0.05, 0.1) is 0 Å². The molecule has 3 aromatic carbocycles. The number of benzene rings is 3. The van der Waals surface area contributed by atoms with Gasteiger partial charge in [-0.05, 0) is 28.0 Å². The van der Waals surface area contributed by atoms with E-state index in [1.807, 2.05) is 12.1 Å². The quantitative estimate of drug-likeness (QED) is 0.561. The molecule has 0 N–H and O–H groups in total. The van der Waals surface area contributed by atoms with Crippen LogP contribution in [0.25, 0.3) is 21.9 Å². The summed E-state index contributed by atoms with van der Waals surface area (Å²) in [5.41, 5.74) is 2.53. The van der Waals surface area contributed by atoms with Gasteiger partial charge in [0.25, 0.3) is 0 Å². The molecule has 1 heteroatoms. The average Bonchev–Trinajstić information content (AvgIpc) is 2.39. The average molecular weight is 230 g/mol. The Morgan fingerprint density at radius 1 is 0.706 bits per heavy atom. The van der Waals surface area contributed by atoms with Gasteiger partial charge in [-0.3, -0.25) is 0 Å². The van der Waals surface area contributed by atoms with Gasteiger partial charge in [-0.15, -0.1) is 0 Å². The van der Waals surface area contributed by atoms with E-state index in [0.29, 0.717) is 0 Å². The number of fused-ring (bicyclic) bond motifs is 1. The highest BCUT2D eigenvalue weighted by Crippen LogP contribution is 2.27. The number of hydrogen-bond donors (Lipinski definition) is 0. The van der Waals surface area contributed by atoms with Crippen LogP contribution in [0.5, 0.6) is 0 Å². The van der Waals surface area contributed by atoms with Crippen molar-refractivity contribution in [3.05, 3.63) is 72.8 Å². The summed E-state index contributed by atoms with van der Waals surface area (Å²) >= 11 is 0. The highest BCUT2D eigenvalue weighted by atomic mass is 24.3. The smallest absolute Gasteiger partial charge is 0.0616 e. The van der Waals surface area contributed by atoms with Gasteiger partial charge < -0.3 is 0 Å². The summed E-state index contributed by atoms with van der Waals surface area (Å²) in [6, 6.07) is 26.0. The number of hydrogen-bond acceptors (Lipinski definition) is 0. The summed E-state index contributed by atoms with van der Waals surface area (Å²) < 4.78 is 0. The minimum absolute atomic E-state index is 0. The lowest BCUT2D eigenvalue weighted by Gasteiger charge is -2.06. The fraction of sp³-hybridized carbons (Fsp3) is 0. The molecule has 0 aliphatic carbocycles. The zero-order chi connectivity index (χ0) is 10.8. The SMILES string of the molecule is [MgH2].[c]1ccc(-c2cccc3ccccc23)cc1. The molecule has 0 aromatic heterocycles. The van der Waals surface area contributed by atoms with Crippen LogP contribution >= 0.6 is 0 Å². The van der Waals surface area contributed by atoms with Gasteiger partial charge in [-0.25, -0.2) is 0 Å². The van der Waals surface area contributed by atoms with Crippen LogP contribution in [-0.4, -0.2) is 23.1 Å². The maximum Gasteiger partial charge on any atom is 0.316 e. The van der Waals surface area contributed by atoms with E-state index >= 15 is 0 Å². The van der Waals surface area contributed by atoms with Gasteiger partial charge in [-0.1, -0.05) is 66.7 Å². The van der Waals surface area contributed by atoms with Crippen LogP contribution in [0.2, 0.25) is 0 Å². The molecule has 3 rings (SSSR count). The molecule has 1 radical (unpaired) electrons. The van der Waals surface area contributed by atoms with Crippen LogP contribution < -0.4 is 0 Å². The summed E-state index contributed by atoms with van der Waals surface area (Å²) in [6.07, 6.45) is 0. The van der Waals surface area contributed by atoms with Gasteiger partial charge in [0.15, 0.2) is 0 Å². The molecule has 0 aliphatic heterocycles. The molecule has 79 valence electrons. The van der Waals surface area contributed by atoms with E-state index in [2.05, 4.69) is 60.7 Å². The van der Waals surface area contributed by atoms with Crippen molar-refractivity contribution in [2.75, 3.05) is 0 Å². The van der Waals surface area contributed by atoms with Crippen LogP contribution in [0.15, 0.2) is 66.7 Å². The first kappa shape index (κ1) is 12.2.